The van der Waals surface area contributed by atoms with Crippen molar-refractivity contribution in [3.63, 3.8) is 0 Å². The van der Waals surface area contributed by atoms with E-state index in [1.54, 1.807) is 12.0 Å². The van der Waals surface area contributed by atoms with Gasteiger partial charge in [-0.2, -0.15) is 0 Å². The molecule has 0 spiro atoms. The Kier molecular flexibility index (Phi) is 5.42. The van der Waals surface area contributed by atoms with Crippen molar-refractivity contribution in [3.8, 4) is 5.75 Å². The van der Waals surface area contributed by atoms with E-state index >= 15 is 0 Å². The number of carbonyl (C=O) groups is 1. The Labute approximate surface area is 182 Å². The highest BCUT2D eigenvalue weighted by molar-refractivity contribution is 7.80. The van der Waals surface area contributed by atoms with Gasteiger partial charge in [-0.05, 0) is 75.0 Å². The fourth-order valence-corrected chi connectivity index (χ4v) is 4.59. The maximum Gasteiger partial charge on any atom is 0.263 e. The number of nitrogens with one attached hydrogen (secondary N) is 1. The van der Waals surface area contributed by atoms with Gasteiger partial charge in [0, 0.05) is 18.8 Å². The number of amides is 1. The van der Waals surface area contributed by atoms with Gasteiger partial charge in [-0.3, -0.25) is 9.69 Å². The van der Waals surface area contributed by atoms with Crippen LogP contribution in [0.15, 0.2) is 48.5 Å². The summed E-state index contributed by atoms with van der Waals surface area (Å²) in [4.78, 5) is 17.3. The molecule has 6 nitrogen and oxygen atoms in total. The fraction of sp³-hybridized carbons (Fsp3) is 0.391. The summed E-state index contributed by atoms with van der Waals surface area (Å²) in [5, 5.41) is 3.63. The molecule has 3 atom stereocenters. The van der Waals surface area contributed by atoms with E-state index in [0.717, 1.165) is 35.8 Å². The van der Waals surface area contributed by atoms with Crippen LogP contribution in [0.25, 0.3) is 0 Å². The predicted octanol–water partition coefficient (Wildman–Crippen LogP) is 3.45. The maximum atomic E-state index is 13.4. The van der Waals surface area contributed by atoms with Crippen molar-refractivity contribution in [3.05, 3.63) is 54.1 Å². The number of anilines is 2. The standard InChI is InChI=1S/C23H27N3O3S/c1-15-13-25(14-16(2)29-15)18-7-5-17(6-8-18)23(3)21(27)26(22(30)24-23)19-9-11-20(28-4)12-10-19/h5-12,15-16H,13-14H2,1-4H3,(H,24,30)/t15-,16+,23?. The van der Waals surface area contributed by atoms with Crippen LogP contribution in [-0.4, -0.2) is 43.4 Å². The first-order valence-electron chi connectivity index (χ1n) is 10.1. The van der Waals surface area contributed by atoms with Gasteiger partial charge in [0.25, 0.3) is 5.91 Å². The number of nitrogens with zero attached hydrogens (tertiary/aromatic N) is 2. The normalized spacial score (nSPS) is 26.7. The van der Waals surface area contributed by atoms with Crippen molar-refractivity contribution >= 4 is 34.6 Å². The summed E-state index contributed by atoms with van der Waals surface area (Å²) in [5.41, 5.74) is 1.81. The lowest BCUT2D eigenvalue weighted by Gasteiger charge is -2.37. The van der Waals surface area contributed by atoms with Crippen molar-refractivity contribution in [1.82, 2.24) is 5.32 Å². The number of methoxy groups -OCH3 is 1. The van der Waals surface area contributed by atoms with Gasteiger partial charge in [-0.25, -0.2) is 0 Å². The molecule has 2 aliphatic rings. The van der Waals surface area contributed by atoms with E-state index in [9.17, 15) is 4.79 Å². The molecular weight excluding hydrogens is 398 g/mol. The lowest BCUT2D eigenvalue weighted by molar-refractivity contribution is -0.121. The van der Waals surface area contributed by atoms with Crippen LogP contribution in [-0.2, 0) is 15.1 Å². The van der Waals surface area contributed by atoms with E-state index in [1.165, 1.54) is 0 Å². The van der Waals surface area contributed by atoms with Crippen LogP contribution in [0.1, 0.15) is 26.3 Å². The smallest absolute Gasteiger partial charge is 0.263 e. The van der Waals surface area contributed by atoms with E-state index < -0.39 is 5.54 Å². The van der Waals surface area contributed by atoms with E-state index in [-0.39, 0.29) is 18.1 Å². The Bertz CT molecular complexity index is 937. The Morgan fingerprint density at radius 3 is 2.17 bits per heavy atom. The minimum absolute atomic E-state index is 0.0981. The van der Waals surface area contributed by atoms with Crippen LogP contribution < -0.4 is 19.9 Å². The Balaban J connectivity index is 1.57. The van der Waals surface area contributed by atoms with E-state index in [0.29, 0.717) is 5.11 Å². The summed E-state index contributed by atoms with van der Waals surface area (Å²) in [7, 11) is 1.61. The molecule has 2 heterocycles. The van der Waals surface area contributed by atoms with Gasteiger partial charge >= 0.3 is 0 Å². The van der Waals surface area contributed by atoms with Crippen molar-refractivity contribution in [1.29, 1.82) is 0 Å². The molecule has 1 unspecified atom stereocenters. The maximum absolute atomic E-state index is 13.4. The lowest BCUT2D eigenvalue weighted by atomic mass is 9.91. The average Bonchev–Trinajstić information content (AvgIpc) is 2.97. The number of hydrogen-bond acceptors (Lipinski definition) is 5. The number of ether oxygens (including phenoxy) is 2. The first-order valence-corrected chi connectivity index (χ1v) is 10.5. The second-order valence-corrected chi connectivity index (χ2v) is 8.49. The Hall–Kier alpha value is -2.64. The van der Waals surface area contributed by atoms with Gasteiger partial charge in [0.05, 0.1) is 25.0 Å². The molecule has 0 aliphatic carbocycles. The molecule has 2 aromatic carbocycles. The summed E-state index contributed by atoms with van der Waals surface area (Å²) in [6, 6.07) is 15.5. The molecule has 0 saturated carbocycles. The van der Waals surface area contributed by atoms with Crippen LogP contribution in [0.4, 0.5) is 11.4 Å². The predicted molar refractivity (Wildman–Crippen MR) is 122 cm³/mol. The largest absolute Gasteiger partial charge is 0.497 e. The number of morpholine rings is 1. The molecule has 4 rings (SSSR count). The van der Waals surface area contributed by atoms with E-state index in [4.69, 9.17) is 21.7 Å². The van der Waals surface area contributed by atoms with Crippen molar-refractivity contribution in [2.45, 2.75) is 38.5 Å². The summed E-state index contributed by atoms with van der Waals surface area (Å²) in [5.74, 6) is 0.633. The van der Waals surface area contributed by atoms with Crippen molar-refractivity contribution in [2.75, 3.05) is 30.0 Å². The zero-order valence-electron chi connectivity index (χ0n) is 17.7. The third-order valence-corrected chi connectivity index (χ3v) is 6.04. The third kappa shape index (κ3) is 3.63. The lowest BCUT2D eigenvalue weighted by Crippen LogP contribution is -2.45. The molecule has 1 amide bonds. The summed E-state index contributed by atoms with van der Waals surface area (Å²) in [6.45, 7) is 7.77. The number of rotatable bonds is 4. The number of carbonyl (C=O) groups excluding carboxylic acids is 1. The molecule has 0 aromatic heterocycles. The monoisotopic (exact) mass is 425 g/mol. The average molecular weight is 426 g/mol. The van der Waals surface area contributed by atoms with Gasteiger partial charge in [0.1, 0.15) is 11.3 Å². The van der Waals surface area contributed by atoms with Crippen LogP contribution in [0, 0.1) is 0 Å². The van der Waals surface area contributed by atoms with Crippen molar-refractivity contribution in [2.24, 2.45) is 0 Å². The van der Waals surface area contributed by atoms with Gasteiger partial charge in [-0.1, -0.05) is 12.1 Å². The highest BCUT2D eigenvalue weighted by Gasteiger charge is 2.47. The van der Waals surface area contributed by atoms with Gasteiger partial charge in [0.2, 0.25) is 0 Å². The van der Waals surface area contributed by atoms with Gasteiger partial charge < -0.3 is 19.7 Å². The molecular formula is C23H27N3O3S. The molecule has 30 heavy (non-hydrogen) atoms. The van der Waals surface area contributed by atoms with Crippen LogP contribution in [0.3, 0.4) is 0 Å². The number of thiocarbonyl (C=S) groups is 1. The molecule has 158 valence electrons. The summed E-state index contributed by atoms with van der Waals surface area (Å²) in [6.07, 6.45) is 0.388. The summed E-state index contributed by atoms with van der Waals surface area (Å²) < 4.78 is 11.0. The Morgan fingerprint density at radius 1 is 1.03 bits per heavy atom. The molecule has 2 aromatic rings. The van der Waals surface area contributed by atoms with Crippen LogP contribution >= 0.6 is 12.2 Å². The van der Waals surface area contributed by atoms with Crippen LogP contribution in [0.5, 0.6) is 5.75 Å². The quantitative estimate of drug-likeness (QED) is 0.758. The molecule has 0 bridgehead atoms. The SMILES string of the molecule is COc1ccc(N2C(=O)C(C)(c3ccc(N4C[C@@H](C)O[C@@H](C)C4)cc3)NC2=S)cc1. The first kappa shape index (κ1) is 20.6. The molecule has 2 aliphatic heterocycles. The van der Waals surface area contributed by atoms with Gasteiger partial charge in [0.15, 0.2) is 5.11 Å². The number of benzene rings is 2. The second-order valence-electron chi connectivity index (χ2n) is 8.10. The topological polar surface area (TPSA) is 54.0 Å². The van der Waals surface area contributed by atoms with Crippen LogP contribution in [0.2, 0.25) is 0 Å². The molecule has 0 radical (unpaired) electrons. The zero-order valence-corrected chi connectivity index (χ0v) is 18.5. The minimum atomic E-state index is -0.916. The third-order valence-electron chi connectivity index (χ3n) is 5.75. The summed E-state index contributed by atoms with van der Waals surface area (Å²) >= 11 is 5.50. The van der Waals surface area contributed by atoms with Crippen molar-refractivity contribution < 1.29 is 14.3 Å². The molecule has 2 saturated heterocycles. The highest BCUT2D eigenvalue weighted by Crippen LogP contribution is 2.34. The van der Waals surface area contributed by atoms with E-state index in [2.05, 4.69) is 36.2 Å². The minimum Gasteiger partial charge on any atom is -0.497 e. The fourth-order valence-electron chi connectivity index (χ4n) is 4.19. The number of hydrogen-bond donors (Lipinski definition) is 1. The van der Waals surface area contributed by atoms with Gasteiger partial charge in [-0.15, -0.1) is 0 Å². The Morgan fingerprint density at radius 2 is 1.60 bits per heavy atom. The highest BCUT2D eigenvalue weighted by atomic mass is 32.1. The second kappa shape index (κ2) is 7.89. The first-order chi connectivity index (χ1) is 14.3. The molecule has 7 heteroatoms. The molecule has 1 N–H and O–H groups in total. The zero-order chi connectivity index (χ0) is 21.5. The van der Waals surface area contributed by atoms with E-state index in [1.807, 2.05) is 43.3 Å². The molecule has 2 fully saturated rings.